The first-order chi connectivity index (χ1) is 8.08. The zero-order valence-corrected chi connectivity index (χ0v) is 11.1. The Morgan fingerprint density at radius 1 is 1.18 bits per heavy atom. The molecule has 0 bridgehead atoms. The molecule has 0 aliphatic carbocycles. The highest BCUT2D eigenvalue weighted by Gasteiger charge is 2.24. The van der Waals surface area contributed by atoms with E-state index in [2.05, 4.69) is 36.9 Å². The van der Waals surface area contributed by atoms with Crippen LogP contribution in [0.3, 0.4) is 0 Å². The molecule has 1 fully saturated rings. The van der Waals surface area contributed by atoms with E-state index in [0.29, 0.717) is 0 Å². The van der Waals surface area contributed by atoms with Crippen LogP contribution < -0.4 is 5.73 Å². The second kappa shape index (κ2) is 5.09. The molecule has 0 spiro atoms. The number of likely N-dealkylation sites (tertiary alicyclic amines) is 1. The van der Waals surface area contributed by atoms with Crippen molar-refractivity contribution in [3.8, 4) is 0 Å². The summed E-state index contributed by atoms with van der Waals surface area (Å²) >= 11 is 0. The average molecular weight is 232 g/mol. The zero-order chi connectivity index (χ0) is 12.3. The highest BCUT2D eigenvalue weighted by atomic mass is 15.1. The van der Waals surface area contributed by atoms with E-state index in [-0.39, 0.29) is 5.41 Å². The number of nitrogens with two attached hydrogens (primary N) is 1. The lowest BCUT2D eigenvalue weighted by Gasteiger charge is -2.35. The van der Waals surface area contributed by atoms with Crippen molar-refractivity contribution in [2.45, 2.75) is 38.5 Å². The molecule has 2 heteroatoms. The monoisotopic (exact) mass is 232 g/mol. The number of nitrogens with zero attached hydrogens (tertiary/aromatic N) is 1. The summed E-state index contributed by atoms with van der Waals surface area (Å²) in [5.41, 5.74) is 8.28. The number of rotatable bonds is 3. The van der Waals surface area contributed by atoms with E-state index in [4.69, 9.17) is 5.73 Å². The summed E-state index contributed by atoms with van der Waals surface area (Å²) in [6.45, 7) is 8.28. The largest absolute Gasteiger partial charge is 0.399 e. The molecule has 1 aliphatic heterocycles. The van der Waals surface area contributed by atoms with E-state index in [9.17, 15) is 0 Å². The quantitative estimate of drug-likeness (QED) is 0.812. The van der Waals surface area contributed by atoms with Crippen molar-refractivity contribution >= 4 is 5.69 Å². The summed E-state index contributed by atoms with van der Waals surface area (Å²) in [7, 11) is 0. The Balaban J connectivity index is 2.06. The normalized spacial score (nSPS) is 18.2. The van der Waals surface area contributed by atoms with Gasteiger partial charge in [0.15, 0.2) is 0 Å². The van der Waals surface area contributed by atoms with Crippen LogP contribution in [0.25, 0.3) is 0 Å². The third-order valence-electron chi connectivity index (χ3n) is 3.74. The van der Waals surface area contributed by atoms with Gasteiger partial charge in [0.1, 0.15) is 0 Å². The lowest BCUT2D eigenvalue weighted by molar-refractivity contribution is 0.190. The van der Waals surface area contributed by atoms with Crippen LogP contribution in [0.5, 0.6) is 0 Å². The standard InChI is InChI=1S/C15H24N2/c1-15(2,12-17-9-4-3-5-10-17)13-7-6-8-14(16)11-13/h6-8,11H,3-5,9-10,12,16H2,1-2H3. The lowest BCUT2D eigenvalue weighted by atomic mass is 9.83. The maximum absolute atomic E-state index is 5.87. The van der Waals surface area contributed by atoms with Crippen LogP contribution in [0, 0.1) is 0 Å². The number of hydrogen-bond acceptors (Lipinski definition) is 2. The number of benzene rings is 1. The molecule has 0 unspecified atom stereocenters. The van der Waals surface area contributed by atoms with Crippen molar-refractivity contribution in [1.82, 2.24) is 4.90 Å². The molecule has 17 heavy (non-hydrogen) atoms. The molecular weight excluding hydrogens is 208 g/mol. The van der Waals surface area contributed by atoms with Gasteiger partial charge < -0.3 is 10.6 Å². The molecule has 0 radical (unpaired) electrons. The summed E-state index contributed by atoms with van der Waals surface area (Å²) in [4.78, 5) is 2.59. The maximum Gasteiger partial charge on any atom is 0.0316 e. The predicted molar refractivity (Wildman–Crippen MR) is 74.2 cm³/mol. The fourth-order valence-electron chi connectivity index (χ4n) is 2.73. The summed E-state index contributed by atoms with van der Waals surface area (Å²) < 4.78 is 0. The molecule has 1 aliphatic rings. The molecule has 1 aromatic carbocycles. The first-order valence-electron chi connectivity index (χ1n) is 6.66. The van der Waals surface area contributed by atoms with E-state index in [1.165, 1.54) is 37.9 Å². The van der Waals surface area contributed by atoms with Crippen LogP contribution in [-0.2, 0) is 5.41 Å². The molecule has 0 atom stereocenters. The van der Waals surface area contributed by atoms with Gasteiger partial charge in [-0.05, 0) is 43.6 Å². The lowest BCUT2D eigenvalue weighted by Crippen LogP contribution is -2.39. The second-order valence-electron chi connectivity index (χ2n) is 5.85. The Labute approximate surface area is 105 Å². The van der Waals surface area contributed by atoms with E-state index >= 15 is 0 Å². The van der Waals surface area contributed by atoms with Crippen molar-refractivity contribution in [1.29, 1.82) is 0 Å². The molecule has 1 saturated heterocycles. The SMILES string of the molecule is CC(C)(CN1CCCCC1)c1cccc(N)c1. The van der Waals surface area contributed by atoms with Crippen molar-refractivity contribution < 1.29 is 0 Å². The molecule has 0 amide bonds. The van der Waals surface area contributed by atoms with Crippen LogP contribution in [0.4, 0.5) is 5.69 Å². The minimum Gasteiger partial charge on any atom is -0.399 e. The smallest absolute Gasteiger partial charge is 0.0316 e. The highest BCUT2D eigenvalue weighted by molar-refractivity contribution is 5.43. The van der Waals surface area contributed by atoms with E-state index in [1.807, 2.05) is 6.07 Å². The summed E-state index contributed by atoms with van der Waals surface area (Å²) in [5, 5.41) is 0. The minimum atomic E-state index is 0.187. The molecule has 0 aromatic heterocycles. The molecule has 2 rings (SSSR count). The number of anilines is 1. The van der Waals surface area contributed by atoms with E-state index in [0.717, 1.165) is 12.2 Å². The van der Waals surface area contributed by atoms with Crippen molar-refractivity contribution in [3.63, 3.8) is 0 Å². The van der Waals surface area contributed by atoms with Gasteiger partial charge in [-0.25, -0.2) is 0 Å². The van der Waals surface area contributed by atoms with Gasteiger partial charge in [-0.3, -0.25) is 0 Å². The van der Waals surface area contributed by atoms with Crippen LogP contribution in [0.1, 0.15) is 38.7 Å². The first kappa shape index (κ1) is 12.4. The van der Waals surface area contributed by atoms with Gasteiger partial charge in [-0.2, -0.15) is 0 Å². The fraction of sp³-hybridized carbons (Fsp3) is 0.600. The van der Waals surface area contributed by atoms with Gasteiger partial charge in [0.2, 0.25) is 0 Å². The molecule has 1 aromatic rings. The van der Waals surface area contributed by atoms with Gasteiger partial charge >= 0.3 is 0 Å². The van der Waals surface area contributed by atoms with Gasteiger partial charge in [-0.15, -0.1) is 0 Å². The Bertz CT molecular complexity index is 365. The molecule has 94 valence electrons. The Kier molecular flexibility index (Phi) is 3.72. The summed E-state index contributed by atoms with van der Waals surface area (Å²) in [6.07, 6.45) is 4.11. The number of hydrogen-bond donors (Lipinski definition) is 1. The Morgan fingerprint density at radius 3 is 2.53 bits per heavy atom. The first-order valence-corrected chi connectivity index (χ1v) is 6.66. The third kappa shape index (κ3) is 3.22. The average Bonchev–Trinajstić information content (AvgIpc) is 2.30. The summed E-state index contributed by atoms with van der Waals surface area (Å²) in [5.74, 6) is 0. The van der Waals surface area contributed by atoms with Crippen LogP contribution in [0.15, 0.2) is 24.3 Å². The van der Waals surface area contributed by atoms with Crippen molar-refractivity contribution in [3.05, 3.63) is 29.8 Å². The summed E-state index contributed by atoms with van der Waals surface area (Å²) in [6, 6.07) is 8.33. The molecular formula is C15H24N2. The van der Waals surface area contributed by atoms with Crippen LogP contribution in [0.2, 0.25) is 0 Å². The van der Waals surface area contributed by atoms with Gasteiger partial charge in [-0.1, -0.05) is 32.4 Å². The topological polar surface area (TPSA) is 29.3 Å². The van der Waals surface area contributed by atoms with E-state index in [1.54, 1.807) is 0 Å². The predicted octanol–water partition coefficient (Wildman–Crippen LogP) is 3.03. The molecule has 0 saturated carbocycles. The molecule has 2 nitrogen and oxygen atoms in total. The second-order valence-corrected chi connectivity index (χ2v) is 5.85. The number of nitrogen functional groups attached to an aromatic ring is 1. The number of piperidine rings is 1. The van der Waals surface area contributed by atoms with Gasteiger partial charge in [0.25, 0.3) is 0 Å². The third-order valence-corrected chi connectivity index (χ3v) is 3.74. The van der Waals surface area contributed by atoms with Gasteiger partial charge in [0, 0.05) is 17.6 Å². The zero-order valence-electron chi connectivity index (χ0n) is 11.1. The Hall–Kier alpha value is -1.02. The highest BCUT2D eigenvalue weighted by Crippen LogP contribution is 2.27. The Morgan fingerprint density at radius 2 is 1.88 bits per heavy atom. The minimum absolute atomic E-state index is 0.187. The van der Waals surface area contributed by atoms with Crippen molar-refractivity contribution in [2.75, 3.05) is 25.4 Å². The fourth-order valence-corrected chi connectivity index (χ4v) is 2.73. The maximum atomic E-state index is 5.87. The molecule has 2 N–H and O–H groups in total. The van der Waals surface area contributed by atoms with E-state index < -0.39 is 0 Å². The van der Waals surface area contributed by atoms with Crippen LogP contribution >= 0.6 is 0 Å². The van der Waals surface area contributed by atoms with Gasteiger partial charge in [0.05, 0.1) is 0 Å². The van der Waals surface area contributed by atoms with Crippen LogP contribution in [-0.4, -0.2) is 24.5 Å². The van der Waals surface area contributed by atoms with Crippen molar-refractivity contribution in [2.24, 2.45) is 0 Å². The molecule has 1 heterocycles.